The van der Waals surface area contributed by atoms with Gasteiger partial charge < -0.3 is 9.32 Å². The molecule has 35 heavy (non-hydrogen) atoms. The largest absolute Gasteiger partial charge is 0.472 e. The minimum Gasteiger partial charge on any atom is -0.472 e. The van der Waals surface area contributed by atoms with Crippen molar-refractivity contribution in [2.24, 2.45) is 0 Å². The second-order valence-electron chi connectivity index (χ2n) is 8.24. The molecule has 3 aromatic rings. The molecule has 0 saturated heterocycles. The van der Waals surface area contributed by atoms with Gasteiger partial charge in [0.25, 0.3) is 0 Å². The van der Waals surface area contributed by atoms with E-state index < -0.39 is 23.9 Å². The van der Waals surface area contributed by atoms with Crippen LogP contribution in [0.4, 0.5) is 23.7 Å². The number of nitriles is 1. The van der Waals surface area contributed by atoms with E-state index in [1.54, 1.807) is 24.3 Å². The summed E-state index contributed by atoms with van der Waals surface area (Å²) >= 11 is 0. The fourth-order valence-electron chi connectivity index (χ4n) is 4.66. The number of amides is 2. The van der Waals surface area contributed by atoms with Crippen molar-refractivity contribution in [1.29, 1.82) is 5.26 Å². The SMILES string of the molecule is CN1C(=O)N(c2ccnc(C(F)(F)F)c2)C2=C(C(=O)CC2)C1c1ccc(C#N)cc1-c1ccoc1. The number of pyridine rings is 1. The van der Waals surface area contributed by atoms with Crippen molar-refractivity contribution in [2.75, 3.05) is 11.9 Å². The van der Waals surface area contributed by atoms with E-state index >= 15 is 0 Å². The summed E-state index contributed by atoms with van der Waals surface area (Å²) in [6.07, 6.45) is -0.375. The molecular formula is C25H17F3N4O3. The molecule has 7 nitrogen and oxygen atoms in total. The normalized spacial score (nSPS) is 18.2. The fourth-order valence-corrected chi connectivity index (χ4v) is 4.66. The molecule has 0 radical (unpaired) electrons. The van der Waals surface area contributed by atoms with Gasteiger partial charge in [-0.05, 0) is 47.9 Å². The van der Waals surface area contributed by atoms with Gasteiger partial charge in [-0.3, -0.25) is 14.7 Å². The number of hydrogen-bond acceptors (Lipinski definition) is 5. The van der Waals surface area contributed by atoms with Gasteiger partial charge in [0.2, 0.25) is 0 Å². The first kappa shape index (κ1) is 22.4. The van der Waals surface area contributed by atoms with Gasteiger partial charge in [0.15, 0.2) is 5.78 Å². The molecule has 3 heterocycles. The van der Waals surface area contributed by atoms with Crippen LogP contribution in [-0.2, 0) is 11.0 Å². The van der Waals surface area contributed by atoms with Gasteiger partial charge >= 0.3 is 12.2 Å². The first-order valence-electron chi connectivity index (χ1n) is 10.6. The molecule has 1 aromatic carbocycles. The summed E-state index contributed by atoms with van der Waals surface area (Å²) in [5.41, 5.74) is 1.83. The number of carbonyl (C=O) groups is 2. The highest BCUT2D eigenvalue weighted by Crippen LogP contribution is 2.47. The topological polar surface area (TPSA) is 90.4 Å². The molecule has 5 rings (SSSR count). The molecule has 0 fully saturated rings. The standard InChI is InChI=1S/C25H17F3N4O3/c1-31-23(17-3-2-14(12-29)10-18(17)15-7-9-35-13-15)22-19(4-5-20(22)33)32(24(31)34)16-6-8-30-21(11-16)25(26,27)28/h2-3,6-11,13,23H,4-5H2,1H3. The molecule has 0 bridgehead atoms. The van der Waals surface area contributed by atoms with Crippen LogP contribution in [0.1, 0.15) is 35.7 Å². The Morgan fingerprint density at radius 3 is 2.63 bits per heavy atom. The number of furan rings is 1. The summed E-state index contributed by atoms with van der Waals surface area (Å²) in [4.78, 5) is 32.5. The number of ketones is 1. The molecule has 1 unspecified atom stereocenters. The number of aromatic nitrogens is 1. The summed E-state index contributed by atoms with van der Waals surface area (Å²) in [5.74, 6) is -0.193. The van der Waals surface area contributed by atoms with Crippen molar-refractivity contribution in [3.8, 4) is 17.2 Å². The van der Waals surface area contributed by atoms with Crippen LogP contribution in [0, 0.1) is 11.3 Å². The number of nitrogens with zero attached hydrogens (tertiary/aromatic N) is 4. The molecule has 1 atom stereocenters. The van der Waals surface area contributed by atoms with E-state index in [-0.39, 0.29) is 24.3 Å². The maximum absolute atomic E-state index is 13.6. The van der Waals surface area contributed by atoms with E-state index in [1.807, 2.05) is 0 Å². The van der Waals surface area contributed by atoms with E-state index in [9.17, 15) is 28.0 Å². The lowest BCUT2D eigenvalue weighted by Crippen LogP contribution is -2.48. The third-order valence-corrected chi connectivity index (χ3v) is 6.23. The molecule has 1 aliphatic heterocycles. The summed E-state index contributed by atoms with van der Waals surface area (Å²) < 4.78 is 45.1. The maximum Gasteiger partial charge on any atom is 0.433 e. The van der Waals surface area contributed by atoms with Crippen molar-refractivity contribution in [3.63, 3.8) is 0 Å². The lowest BCUT2D eigenvalue weighted by Gasteiger charge is -2.41. The van der Waals surface area contributed by atoms with Crippen LogP contribution in [0.5, 0.6) is 0 Å². The summed E-state index contributed by atoms with van der Waals surface area (Å²) in [6.45, 7) is 0. The van der Waals surface area contributed by atoms with Crippen molar-refractivity contribution in [2.45, 2.75) is 25.1 Å². The molecule has 0 spiro atoms. The van der Waals surface area contributed by atoms with E-state index in [0.29, 0.717) is 33.5 Å². The van der Waals surface area contributed by atoms with Crippen LogP contribution in [-0.4, -0.2) is 28.7 Å². The molecular weight excluding hydrogens is 461 g/mol. The minimum atomic E-state index is -4.69. The first-order valence-corrected chi connectivity index (χ1v) is 10.6. The van der Waals surface area contributed by atoms with Crippen LogP contribution in [0.3, 0.4) is 0 Å². The molecule has 10 heteroatoms. The number of Topliss-reactive ketones (excluding diaryl/α,β-unsaturated/α-hetero) is 1. The Morgan fingerprint density at radius 2 is 1.94 bits per heavy atom. The number of alkyl halides is 3. The molecule has 176 valence electrons. The number of likely N-dealkylation sites (N-methyl/N-ethyl adjacent to an activating group) is 1. The predicted molar refractivity (Wildman–Crippen MR) is 118 cm³/mol. The monoisotopic (exact) mass is 478 g/mol. The Hall–Kier alpha value is -4.39. The fraction of sp³-hybridized carbons (Fsp3) is 0.200. The number of urea groups is 1. The molecule has 2 amide bonds. The number of hydrogen-bond donors (Lipinski definition) is 0. The Labute approximate surface area is 197 Å². The van der Waals surface area contributed by atoms with Crippen LogP contribution >= 0.6 is 0 Å². The number of carbonyl (C=O) groups excluding carboxylic acids is 2. The van der Waals surface area contributed by atoms with E-state index in [4.69, 9.17) is 4.42 Å². The number of halogens is 3. The second kappa shape index (κ2) is 8.13. The maximum atomic E-state index is 13.6. The van der Waals surface area contributed by atoms with Crippen molar-refractivity contribution >= 4 is 17.5 Å². The third kappa shape index (κ3) is 3.65. The molecule has 2 aliphatic rings. The first-order chi connectivity index (χ1) is 16.7. The average molecular weight is 478 g/mol. The molecule has 0 saturated carbocycles. The third-order valence-electron chi connectivity index (χ3n) is 6.23. The Bertz CT molecular complexity index is 1420. The van der Waals surface area contributed by atoms with Gasteiger partial charge in [0, 0.05) is 36.5 Å². The van der Waals surface area contributed by atoms with Gasteiger partial charge in [0.1, 0.15) is 5.69 Å². The summed E-state index contributed by atoms with van der Waals surface area (Å²) in [6, 6.07) is 9.49. The smallest absolute Gasteiger partial charge is 0.433 e. The highest BCUT2D eigenvalue weighted by Gasteiger charge is 2.45. The van der Waals surface area contributed by atoms with Gasteiger partial charge in [-0.2, -0.15) is 18.4 Å². The predicted octanol–water partition coefficient (Wildman–Crippen LogP) is 5.46. The van der Waals surface area contributed by atoms with Gasteiger partial charge in [0.05, 0.1) is 35.9 Å². The average Bonchev–Trinajstić information content (AvgIpc) is 3.50. The molecule has 1 aliphatic carbocycles. The lowest BCUT2D eigenvalue weighted by atomic mass is 9.87. The van der Waals surface area contributed by atoms with Crippen LogP contribution in [0.2, 0.25) is 0 Å². The minimum absolute atomic E-state index is 0.0142. The Morgan fingerprint density at radius 1 is 1.14 bits per heavy atom. The highest BCUT2D eigenvalue weighted by atomic mass is 19.4. The van der Waals surface area contributed by atoms with Crippen molar-refractivity contribution in [3.05, 3.63) is 83.2 Å². The Balaban J connectivity index is 1.70. The number of anilines is 1. The van der Waals surface area contributed by atoms with Crippen molar-refractivity contribution in [1.82, 2.24) is 9.88 Å². The lowest BCUT2D eigenvalue weighted by molar-refractivity contribution is -0.141. The Kier molecular flexibility index (Phi) is 5.20. The summed E-state index contributed by atoms with van der Waals surface area (Å²) in [7, 11) is 1.50. The molecule has 2 aromatic heterocycles. The number of rotatable bonds is 3. The number of allylic oxidation sites excluding steroid dienone is 1. The quantitative estimate of drug-likeness (QED) is 0.499. The zero-order chi connectivity index (χ0) is 24.9. The van der Waals surface area contributed by atoms with E-state index in [0.717, 1.165) is 17.2 Å². The summed E-state index contributed by atoms with van der Waals surface area (Å²) in [5, 5.41) is 9.39. The van der Waals surface area contributed by atoms with Crippen LogP contribution in [0.15, 0.2) is 70.8 Å². The zero-order valence-corrected chi connectivity index (χ0v) is 18.3. The van der Waals surface area contributed by atoms with Gasteiger partial charge in [-0.25, -0.2) is 4.79 Å². The van der Waals surface area contributed by atoms with Gasteiger partial charge in [-0.15, -0.1) is 0 Å². The van der Waals surface area contributed by atoms with E-state index in [2.05, 4.69) is 11.1 Å². The van der Waals surface area contributed by atoms with Gasteiger partial charge in [-0.1, -0.05) is 6.07 Å². The zero-order valence-electron chi connectivity index (χ0n) is 18.3. The molecule has 0 N–H and O–H groups in total. The van der Waals surface area contributed by atoms with Crippen LogP contribution < -0.4 is 4.90 Å². The van der Waals surface area contributed by atoms with Crippen LogP contribution in [0.25, 0.3) is 11.1 Å². The highest BCUT2D eigenvalue weighted by molar-refractivity contribution is 6.08. The second-order valence-corrected chi connectivity index (χ2v) is 8.24. The van der Waals surface area contributed by atoms with E-state index in [1.165, 1.54) is 30.5 Å². The number of benzene rings is 1. The van der Waals surface area contributed by atoms with Crippen molar-refractivity contribution < 1.29 is 27.2 Å².